The Kier molecular flexibility index (Phi) is 5.52. The second kappa shape index (κ2) is 8.20. The molecule has 2 aromatic carbocycles. The number of carbonyl (C=O) groups excluding carboxylic acids is 1. The van der Waals surface area contributed by atoms with E-state index in [2.05, 4.69) is 28.1 Å². The Labute approximate surface area is 147 Å². The zero-order valence-electron chi connectivity index (χ0n) is 14.3. The average molecular weight is 334 g/mol. The van der Waals surface area contributed by atoms with E-state index in [0.29, 0.717) is 13.2 Å². The van der Waals surface area contributed by atoms with E-state index in [-0.39, 0.29) is 5.91 Å². The quantitative estimate of drug-likeness (QED) is 0.667. The van der Waals surface area contributed by atoms with Crippen LogP contribution in [0.15, 0.2) is 66.9 Å². The minimum absolute atomic E-state index is 0.0923. The number of hydrogen-bond donors (Lipinski definition) is 1. The predicted molar refractivity (Wildman–Crippen MR) is 102 cm³/mol. The van der Waals surface area contributed by atoms with E-state index in [1.54, 1.807) is 12.2 Å². The molecule has 25 heavy (non-hydrogen) atoms. The molecular weight excluding hydrogens is 312 g/mol. The molecule has 0 atom stereocenters. The summed E-state index contributed by atoms with van der Waals surface area (Å²) in [5, 5.41) is 4.13. The summed E-state index contributed by atoms with van der Waals surface area (Å²) in [7, 11) is 0. The van der Waals surface area contributed by atoms with Gasteiger partial charge >= 0.3 is 0 Å². The molecule has 3 rings (SSSR count). The molecule has 128 valence electrons. The summed E-state index contributed by atoms with van der Waals surface area (Å²) in [4.78, 5) is 11.9. The number of aromatic nitrogens is 1. The summed E-state index contributed by atoms with van der Waals surface area (Å²) in [6, 6.07) is 18.0. The second-order valence-electron chi connectivity index (χ2n) is 5.69. The van der Waals surface area contributed by atoms with Crippen molar-refractivity contribution in [3.63, 3.8) is 0 Å². The molecule has 4 nitrogen and oxygen atoms in total. The van der Waals surface area contributed by atoms with Gasteiger partial charge in [0.2, 0.25) is 5.91 Å². The van der Waals surface area contributed by atoms with Crippen LogP contribution in [0.3, 0.4) is 0 Å². The number of nitrogens with one attached hydrogen (secondary N) is 1. The lowest BCUT2D eigenvalue weighted by Crippen LogP contribution is -2.25. The van der Waals surface area contributed by atoms with Gasteiger partial charge in [0.25, 0.3) is 0 Å². The molecule has 0 saturated heterocycles. The largest absolute Gasteiger partial charge is 0.494 e. The van der Waals surface area contributed by atoms with Gasteiger partial charge in [-0.05, 0) is 48.2 Å². The van der Waals surface area contributed by atoms with Gasteiger partial charge in [-0.25, -0.2) is 0 Å². The molecule has 0 aliphatic rings. The van der Waals surface area contributed by atoms with Gasteiger partial charge < -0.3 is 14.6 Å². The fourth-order valence-electron chi connectivity index (χ4n) is 2.71. The Hall–Kier alpha value is -3.01. The van der Waals surface area contributed by atoms with Crippen LogP contribution in [0.25, 0.3) is 17.0 Å². The van der Waals surface area contributed by atoms with E-state index in [1.165, 1.54) is 10.9 Å². The van der Waals surface area contributed by atoms with E-state index in [1.807, 2.05) is 49.5 Å². The standard InChI is InChI=1S/C21H22N2O2/c1-2-25-19-10-7-17(8-11-19)9-12-21(24)22-14-16-23-15-13-18-5-3-4-6-20(18)23/h3-13,15H,2,14,16H2,1H3,(H,22,24)/b12-9+. The molecule has 0 fully saturated rings. The van der Waals surface area contributed by atoms with Crippen LogP contribution >= 0.6 is 0 Å². The lowest BCUT2D eigenvalue weighted by molar-refractivity contribution is -0.116. The molecular formula is C21H22N2O2. The Morgan fingerprint density at radius 1 is 1.12 bits per heavy atom. The number of ether oxygens (including phenoxy) is 1. The summed E-state index contributed by atoms with van der Waals surface area (Å²) in [6.07, 6.45) is 5.41. The topological polar surface area (TPSA) is 43.3 Å². The first kappa shape index (κ1) is 16.8. The van der Waals surface area contributed by atoms with Gasteiger partial charge in [0.15, 0.2) is 0 Å². The number of benzene rings is 2. The van der Waals surface area contributed by atoms with Gasteiger partial charge in [-0.1, -0.05) is 30.3 Å². The van der Waals surface area contributed by atoms with Gasteiger partial charge in [-0.3, -0.25) is 4.79 Å². The van der Waals surface area contributed by atoms with Crippen LogP contribution in [-0.2, 0) is 11.3 Å². The molecule has 1 aromatic heterocycles. The average Bonchev–Trinajstić information content (AvgIpc) is 3.05. The monoisotopic (exact) mass is 334 g/mol. The number of amides is 1. The van der Waals surface area contributed by atoms with Gasteiger partial charge in [-0.15, -0.1) is 0 Å². The predicted octanol–water partition coefficient (Wildman–Crippen LogP) is 3.87. The summed E-state index contributed by atoms with van der Waals surface area (Å²) in [5.74, 6) is 0.744. The van der Waals surface area contributed by atoms with Crippen LogP contribution in [0.2, 0.25) is 0 Å². The number of para-hydroxylation sites is 1. The molecule has 3 aromatic rings. The third-order valence-corrected chi connectivity index (χ3v) is 3.95. The van der Waals surface area contributed by atoms with Crippen LogP contribution < -0.4 is 10.1 Å². The smallest absolute Gasteiger partial charge is 0.244 e. The Balaban J connectivity index is 1.49. The number of nitrogens with zero attached hydrogens (tertiary/aromatic N) is 1. The minimum Gasteiger partial charge on any atom is -0.494 e. The molecule has 1 heterocycles. The first-order valence-corrected chi connectivity index (χ1v) is 8.49. The van der Waals surface area contributed by atoms with Crippen LogP contribution in [-0.4, -0.2) is 23.6 Å². The molecule has 1 N–H and O–H groups in total. The highest BCUT2D eigenvalue weighted by atomic mass is 16.5. The van der Waals surface area contributed by atoms with E-state index in [0.717, 1.165) is 17.9 Å². The van der Waals surface area contributed by atoms with E-state index >= 15 is 0 Å². The minimum atomic E-state index is -0.0923. The molecule has 0 aliphatic carbocycles. The fourth-order valence-corrected chi connectivity index (χ4v) is 2.71. The Bertz CT molecular complexity index is 863. The molecule has 0 radical (unpaired) electrons. The van der Waals surface area contributed by atoms with Gasteiger partial charge in [0.1, 0.15) is 5.75 Å². The number of hydrogen-bond acceptors (Lipinski definition) is 2. The third kappa shape index (κ3) is 4.51. The molecule has 1 amide bonds. The third-order valence-electron chi connectivity index (χ3n) is 3.95. The lowest BCUT2D eigenvalue weighted by atomic mass is 10.2. The van der Waals surface area contributed by atoms with E-state index in [4.69, 9.17) is 4.74 Å². The van der Waals surface area contributed by atoms with Crippen LogP contribution in [0.1, 0.15) is 12.5 Å². The molecule has 0 spiro atoms. The van der Waals surface area contributed by atoms with Gasteiger partial charge in [0.05, 0.1) is 6.61 Å². The maximum atomic E-state index is 11.9. The molecule has 0 bridgehead atoms. The first-order valence-electron chi connectivity index (χ1n) is 8.49. The van der Waals surface area contributed by atoms with Crippen molar-refractivity contribution in [3.05, 3.63) is 72.4 Å². The molecule has 0 unspecified atom stereocenters. The second-order valence-corrected chi connectivity index (χ2v) is 5.69. The van der Waals surface area contributed by atoms with Crippen molar-refractivity contribution >= 4 is 22.9 Å². The zero-order valence-corrected chi connectivity index (χ0v) is 14.3. The highest BCUT2D eigenvalue weighted by molar-refractivity contribution is 5.91. The van der Waals surface area contributed by atoms with Gasteiger partial charge in [-0.2, -0.15) is 0 Å². The summed E-state index contributed by atoms with van der Waals surface area (Å²) < 4.78 is 7.54. The van der Waals surface area contributed by atoms with Crippen molar-refractivity contribution in [2.24, 2.45) is 0 Å². The van der Waals surface area contributed by atoms with Crippen molar-refractivity contribution < 1.29 is 9.53 Å². The highest BCUT2D eigenvalue weighted by Crippen LogP contribution is 2.14. The van der Waals surface area contributed by atoms with Crippen LogP contribution in [0.4, 0.5) is 0 Å². The van der Waals surface area contributed by atoms with E-state index in [9.17, 15) is 4.79 Å². The summed E-state index contributed by atoms with van der Waals surface area (Å²) >= 11 is 0. The van der Waals surface area contributed by atoms with Crippen molar-refractivity contribution in [1.29, 1.82) is 0 Å². The maximum absolute atomic E-state index is 11.9. The lowest BCUT2D eigenvalue weighted by Gasteiger charge is -2.06. The van der Waals surface area contributed by atoms with Crippen molar-refractivity contribution in [2.45, 2.75) is 13.5 Å². The summed E-state index contributed by atoms with van der Waals surface area (Å²) in [5.41, 5.74) is 2.15. The van der Waals surface area contributed by atoms with Crippen molar-refractivity contribution in [2.75, 3.05) is 13.2 Å². The maximum Gasteiger partial charge on any atom is 0.244 e. The molecule has 4 heteroatoms. The highest BCUT2D eigenvalue weighted by Gasteiger charge is 2.00. The Morgan fingerprint density at radius 3 is 2.72 bits per heavy atom. The summed E-state index contributed by atoms with van der Waals surface area (Å²) in [6.45, 7) is 3.93. The number of fused-ring (bicyclic) bond motifs is 1. The molecule has 0 aliphatic heterocycles. The SMILES string of the molecule is CCOc1ccc(/C=C/C(=O)NCCn2ccc3ccccc32)cc1. The van der Waals surface area contributed by atoms with E-state index < -0.39 is 0 Å². The van der Waals surface area contributed by atoms with Crippen LogP contribution in [0.5, 0.6) is 5.75 Å². The normalized spacial score (nSPS) is 11.1. The number of rotatable bonds is 7. The fraction of sp³-hybridized carbons (Fsp3) is 0.190. The van der Waals surface area contributed by atoms with Crippen LogP contribution in [0, 0.1) is 0 Å². The van der Waals surface area contributed by atoms with Gasteiger partial charge in [0, 0.05) is 30.9 Å². The zero-order chi connectivity index (χ0) is 17.5. The number of carbonyl (C=O) groups is 1. The van der Waals surface area contributed by atoms with Crippen molar-refractivity contribution in [3.8, 4) is 5.75 Å². The first-order chi connectivity index (χ1) is 12.3. The molecule has 0 saturated carbocycles. The van der Waals surface area contributed by atoms with Crippen molar-refractivity contribution in [1.82, 2.24) is 9.88 Å². The Morgan fingerprint density at radius 2 is 1.92 bits per heavy atom.